The summed E-state index contributed by atoms with van der Waals surface area (Å²) in [6.45, 7) is 3.63. The van der Waals surface area contributed by atoms with Gasteiger partial charge in [0.25, 0.3) is 10.0 Å². The van der Waals surface area contributed by atoms with Crippen LogP contribution >= 0.6 is 0 Å². The number of sulfonamides is 1. The van der Waals surface area contributed by atoms with Gasteiger partial charge >= 0.3 is 0 Å². The van der Waals surface area contributed by atoms with Gasteiger partial charge in [0.15, 0.2) is 5.82 Å². The first-order valence-electron chi connectivity index (χ1n) is 4.68. The fraction of sp³-hybridized carbons (Fsp3) is 0.222. The summed E-state index contributed by atoms with van der Waals surface area (Å²) in [5.74, 6) is 0.332. The zero-order valence-corrected chi connectivity index (χ0v) is 9.72. The predicted octanol–water partition coefficient (Wildman–Crippen LogP) is 1.16. The van der Waals surface area contributed by atoms with E-state index in [1.807, 2.05) is 6.92 Å². The Morgan fingerprint density at radius 3 is 2.62 bits per heavy atom. The minimum atomic E-state index is -3.54. The Hall–Kier alpha value is -1.76. The molecule has 0 unspecified atom stereocenters. The summed E-state index contributed by atoms with van der Waals surface area (Å²) < 4.78 is 26.1. The molecule has 0 aliphatic heterocycles. The zero-order chi connectivity index (χ0) is 11.8. The molecule has 2 heterocycles. The van der Waals surface area contributed by atoms with E-state index in [0.29, 0.717) is 5.82 Å². The first-order valence-corrected chi connectivity index (χ1v) is 6.16. The van der Waals surface area contributed by atoms with Gasteiger partial charge in [-0.3, -0.25) is 9.82 Å². The number of aromatic nitrogens is 3. The zero-order valence-electron chi connectivity index (χ0n) is 8.90. The Morgan fingerprint density at radius 2 is 2.12 bits per heavy atom. The Bertz CT molecular complexity index is 583. The van der Waals surface area contributed by atoms with Crippen molar-refractivity contribution < 1.29 is 8.42 Å². The fourth-order valence-corrected chi connectivity index (χ4v) is 2.29. The van der Waals surface area contributed by atoms with Gasteiger partial charge in [-0.05, 0) is 19.9 Å². The molecule has 2 aromatic rings. The topological polar surface area (TPSA) is 90.6 Å². The van der Waals surface area contributed by atoms with Crippen LogP contribution in [-0.4, -0.2) is 23.6 Å². The van der Waals surface area contributed by atoms with Crippen molar-refractivity contribution in [1.29, 1.82) is 0 Å². The van der Waals surface area contributed by atoms with Crippen LogP contribution in [0.15, 0.2) is 23.4 Å². The maximum atomic E-state index is 11.8. The van der Waals surface area contributed by atoms with E-state index < -0.39 is 10.0 Å². The van der Waals surface area contributed by atoms with Crippen molar-refractivity contribution >= 4 is 15.8 Å². The van der Waals surface area contributed by atoms with E-state index in [4.69, 9.17) is 0 Å². The van der Waals surface area contributed by atoms with Gasteiger partial charge in [0.1, 0.15) is 4.90 Å². The molecule has 0 amide bonds. The van der Waals surface area contributed by atoms with Gasteiger partial charge in [-0.25, -0.2) is 8.42 Å². The molecular formula is C9H12N4O2S. The van der Waals surface area contributed by atoms with Crippen molar-refractivity contribution in [2.75, 3.05) is 4.72 Å². The van der Waals surface area contributed by atoms with E-state index in [1.165, 1.54) is 12.3 Å². The van der Waals surface area contributed by atoms with E-state index in [2.05, 4.69) is 19.9 Å². The smallest absolute Gasteiger partial charge is 0.264 e. The molecule has 0 saturated heterocycles. The van der Waals surface area contributed by atoms with Crippen LogP contribution in [0.3, 0.4) is 0 Å². The average molecular weight is 240 g/mol. The second-order valence-corrected chi connectivity index (χ2v) is 5.16. The van der Waals surface area contributed by atoms with E-state index in [0.717, 1.165) is 11.3 Å². The number of H-pyrrole nitrogens is 2. The second-order valence-electron chi connectivity index (χ2n) is 3.47. The molecule has 16 heavy (non-hydrogen) atoms. The van der Waals surface area contributed by atoms with Crippen molar-refractivity contribution in [3.05, 3.63) is 29.7 Å². The third-order valence-corrected chi connectivity index (χ3v) is 3.70. The van der Waals surface area contributed by atoms with Crippen LogP contribution < -0.4 is 4.72 Å². The highest BCUT2D eigenvalue weighted by atomic mass is 32.2. The first kappa shape index (κ1) is 10.7. The maximum Gasteiger partial charge on any atom is 0.264 e. The summed E-state index contributed by atoms with van der Waals surface area (Å²) in [5.41, 5.74) is 1.63. The number of rotatable bonds is 3. The molecule has 6 nitrogen and oxygen atoms in total. The van der Waals surface area contributed by atoms with Gasteiger partial charge < -0.3 is 4.98 Å². The molecule has 0 spiro atoms. The number of aryl methyl sites for hydroxylation is 1. The highest BCUT2D eigenvalue weighted by Gasteiger charge is 2.17. The fourth-order valence-electron chi connectivity index (χ4n) is 1.25. The Labute approximate surface area is 93.1 Å². The lowest BCUT2D eigenvalue weighted by atomic mass is 10.3. The molecule has 2 aromatic heterocycles. The number of anilines is 1. The number of nitrogens with one attached hydrogen (secondary N) is 3. The second kappa shape index (κ2) is 3.67. The van der Waals surface area contributed by atoms with Gasteiger partial charge in [0.05, 0.1) is 0 Å². The summed E-state index contributed by atoms with van der Waals surface area (Å²) >= 11 is 0. The summed E-state index contributed by atoms with van der Waals surface area (Å²) in [5, 5.41) is 6.60. The summed E-state index contributed by atoms with van der Waals surface area (Å²) in [7, 11) is -3.54. The molecule has 0 aliphatic rings. The lowest BCUT2D eigenvalue weighted by Crippen LogP contribution is -2.13. The average Bonchev–Trinajstić information content (AvgIpc) is 2.83. The third-order valence-electron chi connectivity index (χ3n) is 2.36. The molecule has 0 saturated carbocycles. The van der Waals surface area contributed by atoms with E-state index >= 15 is 0 Å². The van der Waals surface area contributed by atoms with Crippen LogP contribution in [-0.2, 0) is 10.0 Å². The molecule has 3 N–H and O–H groups in total. The molecule has 0 aromatic carbocycles. The van der Waals surface area contributed by atoms with Crippen molar-refractivity contribution in [3.63, 3.8) is 0 Å². The van der Waals surface area contributed by atoms with Crippen LogP contribution in [0.4, 0.5) is 5.82 Å². The SMILES string of the molecule is Cc1[nH]nc(NS(=O)(=O)c2cc[nH]c2)c1C. The first-order chi connectivity index (χ1) is 7.50. The van der Waals surface area contributed by atoms with Crippen molar-refractivity contribution in [2.24, 2.45) is 0 Å². The Morgan fingerprint density at radius 1 is 1.38 bits per heavy atom. The predicted molar refractivity (Wildman–Crippen MR) is 59.7 cm³/mol. The summed E-state index contributed by atoms with van der Waals surface area (Å²) in [6.07, 6.45) is 2.97. The third kappa shape index (κ3) is 1.81. The van der Waals surface area contributed by atoms with E-state index in [9.17, 15) is 8.42 Å². The standard InChI is InChI=1S/C9H12N4O2S/c1-6-7(2)11-12-9(6)13-16(14,15)8-3-4-10-5-8/h3-5,10H,1-2H3,(H2,11,12,13). The minimum Gasteiger partial charge on any atom is -0.366 e. The quantitative estimate of drug-likeness (QED) is 0.751. The van der Waals surface area contributed by atoms with Gasteiger partial charge in [0, 0.05) is 23.7 Å². The number of aromatic amines is 2. The number of nitrogens with zero attached hydrogens (tertiary/aromatic N) is 1. The molecule has 7 heteroatoms. The Balaban J connectivity index is 2.32. The normalized spacial score (nSPS) is 11.6. The minimum absolute atomic E-state index is 0.188. The molecule has 0 fully saturated rings. The molecule has 86 valence electrons. The largest absolute Gasteiger partial charge is 0.366 e. The maximum absolute atomic E-state index is 11.8. The molecule has 0 bridgehead atoms. The van der Waals surface area contributed by atoms with E-state index in [1.54, 1.807) is 13.1 Å². The van der Waals surface area contributed by atoms with Crippen molar-refractivity contribution in [2.45, 2.75) is 18.7 Å². The highest BCUT2D eigenvalue weighted by Crippen LogP contribution is 2.18. The molecule has 0 aliphatic carbocycles. The Kier molecular flexibility index (Phi) is 2.47. The van der Waals surface area contributed by atoms with Gasteiger partial charge in [-0.15, -0.1) is 0 Å². The lowest BCUT2D eigenvalue weighted by Gasteiger charge is -2.03. The van der Waals surface area contributed by atoms with Gasteiger partial charge in [-0.1, -0.05) is 0 Å². The molecular weight excluding hydrogens is 228 g/mol. The lowest BCUT2D eigenvalue weighted by molar-refractivity contribution is 0.601. The summed E-state index contributed by atoms with van der Waals surface area (Å²) in [6, 6.07) is 1.48. The molecule has 0 radical (unpaired) electrons. The van der Waals surface area contributed by atoms with E-state index in [-0.39, 0.29) is 4.90 Å². The highest BCUT2D eigenvalue weighted by molar-refractivity contribution is 7.92. The van der Waals surface area contributed by atoms with Gasteiger partial charge in [-0.2, -0.15) is 5.10 Å². The number of hydrogen-bond donors (Lipinski definition) is 3. The van der Waals surface area contributed by atoms with Crippen LogP contribution in [0.25, 0.3) is 0 Å². The molecule has 0 atom stereocenters. The molecule has 2 rings (SSSR count). The van der Waals surface area contributed by atoms with Crippen molar-refractivity contribution in [1.82, 2.24) is 15.2 Å². The van der Waals surface area contributed by atoms with Gasteiger partial charge in [0.2, 0.25) is 0 Å². The number of hydrogen-bond acceptors (Lipinski definition) is 3. The monoisotopic (exact) mass is 240 g/mol. The van der Waals surface area contributed by atoms with Crippen LogP contribution in [0.2, 0.25) is 0 Å². The van der Waals surface area contributed by atoms with Crippen molar-refractivity contribution in [3.8, 4) is 0 Å². The van der Waals surface area contributed by atoms with Crippen LogP contribution in [0.5, 0.6) is 0 Å². The van der Waals surface area contributed by atoms with Crippen LogP contribution in [0, 0.1) is 13.8 Å². The van der Waals surface area contributed by atoms with Crippen LogP contribution in [0.1, 0.15) is 11.3 Å². The summed E-state index contributed by atoms with van der Waals surface area (Å²) in [4.78, 5) is 2.88.